The van der Waals surface area contributed by atoms with E-state index in [0.29, 0.717) is 37.1 Å². The van der Waals surface area contributed by atoms with Crippen LogP contribution >= 0.6 is 0 Å². The zero-order valence-electron chi connectivity index (χ0n) is 12.1. The van der Waals surface area contributed by atoms with Crippen molar-refractivity contribution >= 4 is 17.5 Å². The molecule has 0 saturated carbocycles. The second-order valence-corrected chi connectivity index (χ2v) is 4.80. The number of benzene rings is 1. The first-order chi connectivity index (χ1) is 10.6. The van der Waals surface area contributed by atoms with Crippen LogP contribution in [0.3, 0.4) is 0 Å². The number of nitrogens with one attached hydrogen (secondary N) is 1. The van der Waals surface area contributed by atoms with Crippen molar-refractivity contribution in [1.82, 2.24) is 5.32 Å². The first-order valence-electron chi connectivity index (χ1n) is 7.06. The van der Waals surface area contributed by atoms with Gasteiger partial charge in [0.2, 0.25) is 11.7 Å². The lowest BCUT2D eigenvalue weighted by Gasteiger charge is -2.15. The van der Waals surface area contributed by atoms with E-state index < -0.39 is 0 Å². The zero-order chi connectivity index (χ0) is 15.9. The molecule has 1 aliphatic rings. The van der Waals surface area contributed by atoms with Crippen molar-refractivity contribution in [1.29, 1.82) is 0 Å². The lowest BCUT2D eigenvalue weighted by molar-refractivity contribution is -0.116. The van der Waals surface area contributed by atoms with Crippen LogP contribution in [0.2, 0.25) is 0 Å². The molecule has 114 valence electrons. The van der Waals surface area contributed by atoms with Gasteiger partial charge in [0, 0.05) is 23.7 Å². The van der Waals surface area contributed by atoms with Crippen LogP contribution in [0.5, 0.6) is 0 Å². The summed E-state index contributed by atoms with van der Waals surface area (Å²) in [6.45, 7) is 4.19. The van der Waals surface area contributed by atoms with Crippen LogP contribution in [0, 0.1) is 0 Å². The quantitative estimate of drug-likeness (QED) is 0.618. The lowest BCUT2D eigenvalue weighted by Crippen LogP contribution is -2.22. The number of hydrogen-bond donors (Lipinski definition) is 1. The number of rotatable bonds is 7. The van der Waals surface area contributed by atoms with Gasteiger partial charge in [-0.05, 0) is 18.9 Å². The number of allylic oxidation sites excluding steroid dienone is 2. The molecule has 5 nitrogen and oxygen atoms in total. The van der Waals surface area contributed by atoms with Crippen molar-refractivity contribution in [3.05, 3.63) is 59.9 Å². The van der Waals surface area contributed by atoms with E-state index in [1.54, 1.807) is 24.3 Å². The third-order valence-electron chi connectivity index (χ3n) is 3.24. The standard InChI is InChI=1S/C17H17NO4/c1-2-16(20)18-9-5-6-10-22-15-11-14(19)12-7-3-4-8-13(12)17(15)21/h2-4,7-8,11H,1,5-6,9-10H2,(H,18,20). The highest BCUT2D eigenvalue weighted by molar-refractivity contribution is 6.23. The van der Waals surface area contributed by atoms with Crippen molar-refractivity contribution in [3.63, 3.8) is 0 Å². The van der Waals surface area contributed by atoms with Crippen molar-refractivity contribution in [2.75, 3.05) is 13.2 Å². The Labute approximate surface area is 128 Å². The molecule has 1 aromatic rings. The maximum Gasteiger partial charge on any atom is 0.243 e. The van der Waals surface area contributed by atoms with Crippen molar-refractivity contribution in [2.45, 2.75) is 12.8 Å². The maximum atomic E-state index is 12.2. The summed E-state index contributed by atoms with van der Waals surface area (Å²) in [5.74, 6) is -0.620. The van der Waals surface area contributed by atoms with E-state index in [9.17, 15) is 14.4 Å². The number of unbranched alkanes of at least 4 members (excludes halogenated alkanes) is 1. The molecule has 5 heteroatoms. The third-order valence-corrected chi connectivity index (χ3v) is 3.24. The summed E-state index contributed by atoms with van der Waals surface area (Å²) in [6.07, 6.45) is 3.83. The van der Waals surface area contributed by atoms with Gasteiger partial charge in [-0.15, -0.1) is 0 Å². The summed E-state index contributed by atoms with van der Waals surface area (Å²) in [4.78, 5) is 35.1. The van der Waals surface area contributed by atoms with Gasteiger partial charge in [-0.2, -0.15) is 0 Å². The Morgan fingerprint density at radius 3 is 2.64 bits per heavy atom. The van der Waals surface area contributed by atoms with E-state index in [0.717, 1.165) is 0 Å². The first kappa shape index (κ1) is 15.7. The number of carbonyl (C=O) groups is 3. The first-order valence-corrected chi connectivity index (χ1v) is 7.06. The molecule has 0 aliphatic heterocycles. The van der Waals surface area contributed by atoms with E-state index in [-0.39, 0.29) is 23.2 Å². The van der Waals surface area contributed by atoms with E-state index in [2.05, 4.69) is 11.9 Å². The Bertz CT molecular complexity index is 646. The fourth-order valence-corrected chi connectivity index (χ4v) is 2.09. The average molecular weight is 299 g/mol. The number of ether oxygens (including phenoxy) is 1. The fourth-order valence-electron chi connectivity index (χ4n) is 2.09. The highest BCUT2D eigenvalue weighted by Crippen LogP contribution is 2.21. The van der Waals surface area contributed by atoms with Gasteiger partial charge in [0.1, 0.15) is 0 Å². The fraction of sp³-hybridized carbons (Fsp3) is 0.235. The Morgan fingerprint density at radius 2 is 1.91 bits per heavy atom. The van der Waals surface area contributed by atoms with Gasteiger partial charge in [0.15, 0.2) is 11.5 Å². The van der Waals surface area contributed by atoms with Crippen molar-refractivity contribution in [2.24, 2.45) is 0 Å². The van der Waals surface area contributed by atoms with Crippen LogP contribution < -0.4 is 5.32 Å². The van der Waals surface area contributed by atoms with E-state index in [1.807, 2.05) is 0 Å². The summed E-state index contributed by atoms with van der Waals surface area (Å²) in [6, 6.07) is 6.69. The summed E-state index contributed by atoms with van der Waals surface area (Å²) in [5.41, 5.74) is 0.787. The number of carbonyl (C=O) groups excluding carboxylic acids is 3. The molecule has 1 aliphatic carbocycles. The predicted octanol–water partition coefficient (Wildman–Crippen LogP) is 2.05. The highest BCUT2D eigenvalue weighted by atomic mass is 16.5. The van der Waals surface area contributed by atoms with Crippen molar-refractivity contribution < 1.29 is 19.1 Å². The molecular weight excluding hydrogens is 282 g/mol. The largest absolute Gasteiger partial charge is 0.489 e. The summed E-state index contributed by atoms with van der Waals surface area (Å²) in [5, 5.41) is 2.65. The highest BCUT2D eigenvalue weighted by Gasteiger charge is 2.26. The Hall–Kier alpha value is -2.69. The average Bonchev–Trinajstić information content (AvgIpc) is 2.54. The molecule has 0 unspecified atom stereocenters. The molecule has 2 rings (SSSR count). The molecule has 0 fully saturated rings. The molecule has 0 atom stereocenters. The molecular formula is C17H17NO4. The van der Waals surface area contributed by atoms with Crippen LogP contribution in [0.25, 0.3) is 0 Å². The molecule has 1 amide bonds. The summed E-state index contributed by atoms with van der Waals surface area (Å²) < 4.78 is 5.41. The SMILES string of the molecule is C=CC(=O)NCCCCOC1=CC(=O)c2ccccc2C1=O. The van der Waals surface area contributed by atoms with Gasteiger partial charge >= 0.3 is 0 Å². The Morgan fingerprint density at radius 1 is 1.18 bits per heavy atom. The minimum absolute atomic E-state index is 0.0822. The number of hydrogen-bond acceptors (Lipinski definition) is 4. The molecule has 1 aromatic carbocycles. The van der Waals surface area contributed by atoms with Gasteiger partial charge < -0.3 is 10.1 Å². The van der Waals surface area contributed by atoms with Gasteiger partial charge in [-0.3, -0.25) is 14.4 Å². The van der Waals surface area contributed by atoms with Crippen molar-refractivity contribution in [3.8, 4) is 0 Å². The smallest absolute Gasteiger partial charge is 0.243 e. The van der Waals surface area contributed by atoms with E-state index >= 15 is 0 Å². The molecule has 1 N–H and O–H groups in total. The molecule has 0 aromatic heterocycles. The van der Waals surface area contributed by atoms with Gasteiger partial charge in [-0.1, -0.05) is 30.8 Å². The number of Topliss-reactive ketones (excluding diaryl/α,β-unsaturated/α-hetero) is 1. The molecule has 0 heterocycles. The summed E-state index contributed by atoms with van der Waals surface area (Å²) >= 11 is 0. The van der Waals surface area contributed by atoms with Gasteiger partial charge in [-0.25, -0.2) is 0 Å². The molecule has 0 radical (unpaired) electrons. The van der Waals surface area contributed by atoms with E-state index in [4.69, 9.17) is 4.74 Å². The molecule has 22 heavy (non-hydrogen) atoms. The number of fused-ring (bicyclic) bond motifs is 1. The normalized spacial score (nSPS) is 13.2. The Kier molecular flexibility index (Phi) is 5.25. The van der Waals surface area contributed by atoms with Crippen LogP contribution in [0.4, 0.5) is 0 Å². The van der Waals surface area contributed by atoms with Crippen LogP contribution in [0.15, 0.2) is 48.8 Å². The van der Waals surface area contributed by atoms with Crippen LogP contribution in [-0.2, 0) is 9.53 Å². The lowest BCUT2D eigenvalue weighted by atomic mass is 9.94. The maximum absolute atomic E-state index is 12.2. The molecule has 0 spiro atoms. The van der Waals surface area contributed by atoms with Crippen LogP contribution in [-0.4, -0.2) is 30.6 Å². The second kappa shape index (κ2) is 7.36. The summed E-state index contributed by atoms with van der Waals surface area (Å²) in [7, 11) is 0. The Balaban J connectivity index is 1.82. The minimum Gasteiger partial charge on any atom is -0.489 e. The van der Waals surface area contributed by atoms with Gasteiger partial charge in [0.25, 0.3) is 0 Å². The third kappa shape index (κ3) is 3.69. The zero-order valence-corrected chi connectivity index (χ0v) is 12.1. The minimum atomic E-state index is -0.268. The predicted molar refractivity (Wildman–Crippen MR) is 81.6 cm³/mol. The monoisotopic (exact) mass is 299 g/mol. The number of ketones is 2. The van der Waals surface area contributed by atoms with E-state index in [1.165, 1.54) is 12.2 Å². The number of amides is 1. The second-order valence-electron chi connectivity index (χ2n) is 4.80. The molecule has 0 bridgehead atoms. The van der Waals surface area contributed by atoms with Crippen LogP contribution in [0.1, 0.15) is 33.6 Å². The molecule has 0 saturated heterocycles. The topological polar surface area (TPSA) is 72.5 Å². The van der Waals surface area contributed by atoms with Gasteiger partial charge in [0.05, 0.1) is 6.61 Å².